The van der Waals surface area contributed by atoms with Crippen molar-refractivity contribution < 1.29 is 66.6 Å². The Morgan fingerprint density at radius 1 is 1.00 bits per heavy atom. The zero-order chi connectivity index (χ0) is 0. The van der Waals surface area contributed by atoms with Crippen molar-refractivity contribution in [1.82, 2.24) is 0 Å². The Kier molecular flexibility index (Phi) is 125. The summed E-state index contributed by atoms with van der Waals surface area (Å²) in [6.07, 6.45) is 0. The van der Waals surface area contributed by atoms with Gasteiger partial charge in [-0.1, -0.05) is 0 Å². The zero-order valence-electron chi connectivity index (χ0n) is 3.39. The first-order valence-corrected chi connectivity index (χ1v) is 0. The summed E-state index contributed by atoms with van der Waals surface area (Å²) in [5.41, 5.74) is 0. The van der Waals surface area contributed by atoms with E-state index in [1.807, 2.05) is 0 Å². The van der Waals surface area contributed by atoms with Gasteiger partial charge in [0.25, 0.3) is 0 Å². The molecule has 0 aromatic heterocycles. The zero-order valence-corrected chi connectivity index (χ0v) is 9.65. The summed E-state index contributed by atoms with van der Waals surface area (Å²) in [5, 5.41) is 0. The fourth-order valence-electron chi connectivity index (χ4n) is 0. The van der Waals surface area contributed by atoms with E-state index in [-0.39, 0.29) is 91.4 Å². The molecule has 0 aromatic rings. The molecule has 4 heavy (non-hydrogen) atoms. The maximum atomic E-state index is 0. The third-order valence-corrected chi connectivity index (χ3v) is 0. The van der Waals surface area contributed by atoms with Crippen LogP contribution in [-0.4, -0.2) is 0 Å². The first kappa shape index (κ1) is 29.3. The summed E-state index contributed by atoms with van der Waals surface area (Å²) in [4.78, 5) is 0. The fraction of sp³-hybridized carbons (Fsp3) is 0. The molecule has 0 saturated heterocycles. The van der Waals surface area contributed by atoms with Crippen LogP contribution in [0.5, 0.6) is 0 Å². The average molecular weight is 236 g/mol. The predicted molar refractivity (Wildman–Crippen MR) is 15.6 cm³/mol. The van der Waals surface area contributed by atoms with E-state index < -0.39 is 0 Å². The van der Waals surface area contributed by atoms with Crippen LogP contribution >= 0.6 is 24.8 Å². The van der Waals surface area contributed by atoms with Gasteiger partial charge in [0.05, 0.1) is 0 Å². The molecule has 21 valence electrons. The van der Waals surface area contributed by atoms with Crippen LogP contribution in [0.2, 0.25) is 0 Å². The molecule has 0 aliphatic carbocycles. The SMILES string of the molecule is Cl.Cl.[H-].[La].[Na+]. The van der Waals surface area contributed by atoms with Gasteiger partial charge in [0.2, 0.25) is 0 Å². The maximum absolute atomic E-state index is 0. The van der Waals surface area contributed by atoms with E-state index >= 15 is 0 Å². The van der Waals surface area contributed by atoms with Crippen molar-refractivity contribution in [2.45, 2.75) is 0 Å². The van der Waals surface area contributed by atoms with E-state index in [2.05, 4.69) is 0 Å². The molecular formula is H3Cl2LaNa. The van der Waals surface area contributed by atoms with Crippen molar-refractivity contribution in [2.24, 2.45) is 0 Å². The van der Waals surface area contributed by atoms with Crippen molar-refractivity contribution >= 4 is 24.8 Å². The summed E-state index contributed by atoms with van der Waals surface area (Å²) in [7, 11) is 0. The number of halogens is 2. The van der Waals surface area contributed by atoms with Gasteiger partial charge in [-0.3, -0.25) is 0 Å². The van der Waals surface area contributed by atoms with Gasteiger partial charge in [-0.2, -0.15) is 0 Å². The molecule has 0 heterocycles. The Balaban J connectivity index is 0. The Bertz CT molecular complexity index is 9.61. The van der Waals surface area contributed by atoms with Crippen molar-refractivity contribution in [2.75, 3.05) is 0 Å². The molecule has 1 radical (unpaired) electrons. The van der Waals surface area contributed by atoms with Gasteiger partial charge < -0.3 is 1.43 Å². The van der Waals surface area contributed by atoms with Crippen LogP contribution in [0.25, 0.3) is 0 Å². The second-order valence-corrected chi connectivity index (χ2v) is 0. The van der Waals surface area contributed by atoms with Crippen LogP contribution in [0.4, 0.5) is 0 Å². The molecule has 0 bridgehead atoms. The summed E-state index contributed by atoms with van der Waals surface area (Å²) in [6, 6.07) is 0. The van der Waals surface area contributed by atoms with E-state index in [9.17, 15) is 0 Å². The maximum Gasteiger partial charge on any atom is 1.00 e. The molecule has 0 unspecified atom stereocenters. The van der Waals surface area contributed by atoms with E-state index in [1.54, 1.807) is 0 Å². The number of hydrogen-bond donors (Lipinski definition) is 0. The second-order valence-electron chi connectivity index (χ2n) is 0. The smallest absolute Gasteiger partial charge is 1.00 e. The molecule has 0 fully saturated rings. The largest absolute Gasteiger partial charge is 1.00 e. The van der Waals surface area contributed by atoms with E-state index in [0.29, 0.717) is 0 Å². The molecule has 0 saturated carbocycles. The van der Waals surface area contributed by atoms with Crippen molar-refractivity contribution in [3.05, 3.63) is 0 Å². The van der Waals surface area contributed by atoms with Crippen LogP contribution in [-0.2, 0) is 0 Å². The van der Waals surface area contributed by atoms with Gasteiger partial charge in [-0.15, -0.1) is 24.8 Å². The van der Waals surface area contributed by atoms with E-state index in [4.69, 9.17) is 0 Å². The quantitative estimate of drug-likeness (QED) is 0.425. The molecule has 0 amide bonds. The van der Waals surface area contributed by atoms with Crippen molar-refractivity contribution in [3.63, 3.8) is 0 Å². The molecule has 0 spiro atoms. The molecule has 0 rings (SSSR count). The Labute approximate surface area is 89.7 Å². The Hall–Kier alpha value is 2.77. The number of rotatable bonds is 0. The summed E-state index contributed by atoms with van der Waals surface area (Å²) in [6.45, 7) is 0. The van der Waals surface area contributed by atoms with Crippen LogP contribution in [0, 0.1) is 35.6 Å². The van der Waals surface area contributed by atoms with Crippen LogP contribution in [0.3, 0.4) is 0 Å². The van der Waals surface area contributed by atoms with E-state index in [0.717, 1.165) is 0 Å². The molecule has 0 aromatic carbocycles. The Morgan fingerprint density at radius 2 is 1.00 bits per heavy atom. The first-order valence-electron chi connectivity index (χ1n) is 0. The van der Waals surface area contributed by atoms with Gasteiger partial charge in [0.15, 0.2) is 0 Å². The third kappa shape index (κ3) is 8.84. The minimum absolute atomic E-state index is 0. The molecule has 0 N–H and O–H groups in total. The van der Waals surface area contributed by atoms with Gasteiger partial charge in [0.1, 0.15) is 0 Å². The summed E-state index contributed by atoms with van der Waals surface area (Å²) >= 11 is 0. The van der Waals surface area contributed by atoms with E-state index in [1.165, 1.54) is 0 Å². The summed E-state index contributed by atoms with van der Waals surface area (Å²) in [5.74, 6) is 0. The van der Waals surface area contributed by atoms with Gasteiger partial charge in [-0.05, 0) is 0 Å². The first-order chi connectivity index (χ1) is 0. The summed E-state index contributed by atoms with van der Waals surface area (Å²) < 4.78 is 0. The standard InChI is InChI=1S/2ClH.La.Na.H/h2*1H;;;/q;;;+1;-1. The third-order valence-electron chi connectivity index (χ3n) is 0. The van der Waals surface area contributed by atoms with Crippen LogP contribution < -0.4 is 29.6 Å². The van der Waals surface area contributed by atoms with Gasteiger partial charge in [0, 0.05) is 35.6 Å². The monoisotopic (exact) mass is 235 g/mol. The molecule has 0 aliphatic heterocycles. The van der Waals surface area contributed by atoms with Crippen molar-refractivity contribution in [3.8, 4) is 0 Å². The second kappa shape index (κ2) is 17.1. The molecule has 0 aliphatic rings. The van der Waals surface area contributed by atoms with Crippen LogP contribution in [0.15, 0.2) is 0 Å². The molecule has 0 atom stereocenters. The van der Waals surface area contributed by atoms with Gasteiger partial charge in [-0.25, -0.2) is 0 Å². The minimum atomic E-state index is 0. The molecule has 0 nitrogen and oxygen atoms in total. The Morgan fingerprint density at radius 3 is 1.00 bits per heavy atom. The predicted octanol–water partition coefficient (Wildman–Crippen LogP) is -2.04. The normalized spacial score (nSPS) is 0. The molecule has 4 heteroatoms. The van der Waals surface area contributed by atoms with Crippen molar-refractivity contribution in [1.29, 1.82) is 0 Å². The van der Waals surface area contributed by atoms with Crippen LogP contribution in [0.1, 0.15) is 1.43 Å². The number of hydrogen-bond acceptors (Lipinski definition) is 0. The van der Waals surface area contributed by atoms with Gasteiger partial charge >= 0.3 is 29.6 Å². The molecular weight excluding hydrogens is 233 g/mol. The fourth-order valence-corrected chi connectivity index (χ4v) is 0. The average Bonchev–Trinajstić information content (AvgIpc) is 0. The minimum Gasteiger partial charge on any atom is -1.00 e. The topological polar surface area (TPSA) is 0 Å².